The molecule has 2 fully saturated rings. The fourth-order valence-electron chi connectivity index (χ4n) is 3.10. The molecule has 104 valence electrons. The van der Waals surface area contributed by atoms with Crippen molar-refractivity contribution in [1.29, 1.82) is 5.26 Å². The number of hydrogen-bond acceptors (Lipinski definition) is 4. The van der Waals surface area contributed by atoms with E-state index < -0.39 is 5.82 Å². The number of fused-ring (bicyclic) bond motifs is 2. The highest BCUT2D eigenvalue weighted by Crippen LogP contribution is 2.28. The number of benzene rings is 1. The molecule has 1 N–H and O–H groups in total. The minimum atomic E-state index is -0.492. The fraction of sp³-hybridized carbons (Fsp3) is 0.467. The molecule has 0 amide bonds. The predicted octanol–water partition coefficient (Wildman–Crippen LogP) is 1.65. The summed E-state index contributed by atoms with van der Waals surface area (Å²) >= 11 is 0. The number of ether oxygens (including phenoxy) is 1. The Morgan fingerprint density at radius 3 is 2.70 bits per heavy atom. The first-order valence-electron chi connectivity index (χ1n) is 6.75. The molecule has 2 bridgehead atoms. The van der Waals surface area contributed by atoms with E-state index in [1.807, 2.05) is 6.07 Å². The highest BCUT2D eigenvalue weighted by molar-refractivity contribution is 6.00. The molecule has 5 heteroatoms. The lowest BCUT2D eigenvalue weighted by atomic mass is 9.81. The average Bonchev–Trinajstić information content (AvgIpc) is 2.46. The van der Waals surface area contributed by atoms with E-state index >= 15 is 0 Å². The Kier molecular flexibility index (Phi) is 3.51. The molecule has 0 aromatic heterocycles. The summed E-state index contributed by atoms with van der Waals surface area (Å²) in [5.41, 5.74) is 0.453. The molecule has 3 rings (SSSR count). The quantitative estimate of drug-likeness (QED) is 0.833. The molecular formula is C15H15FN2O2. The van der Waals surface area contributed by atoms with Crippen LogP contribution in [-0.4, -0.2) is 31.1 Å². The number of carbonyl (C=O) groups excluding carboxylic acids is 1. The molecule has 0 radical (unpaired) electrons. The van der Waals surface area contributed by atoms with E-state index in [1.165, 1.54) is 12.1 Å². The number of nitrogens with zero attached hydrogens (tertiary/aromatic N) is 1. The Bertz CT molecular complexity index is 570. The van der Waals surface area contributed by atoms with E-state index in [4.69, 9.17) is 10.00 Å². The van der Waals surface area contributed by atoms with Crippen molar-refractivity contribution < 1.29 is 13.9 Å². The standard InChI is InChI=1S/C15H15FN2O2/c16-11-1-2-14(10(3-11)6-17)15(19)9-4-12-7-20-8-13(5-9)18-12/h1-3,9,12-13,18H,4-5,7-8H2. The lowest BCUT2D eigenvalue weighted by Gasteiger charge is -2.39. The molecule has 0 aliphatic carbocycles. The number of hydrogen-bond donors (Lipinski definition) is 1. The van der Waals surface area contributed by atoms with Crippen LogP contribution in [0.4, 0.5) is 4.39 Å². The lowest BCUT2D eigenvalue weighted by Crippen LogP contribution is -2.55. The number of Topliss-reactive ketones (excluding diaryl/α,β-unsaturated/α-hetero) is 1. The number of morpholine rings is 1. The van der Waals surface area contributed by atoms with Gasteiger partial charge in [0, 0.05) is 23.6 Å². The van der Waals surface area contributed by atoms with Gasteiger partial charge in [0.25, 0.3) is 0 Å². The SMILES string of the molecule is N#Cc1cc(F)ccc1C(=O)C1CC2COCC(C1)N2. The minimum Gasteiger partial charge on any atom is -0.378 e. The van der Waals surface area contributed by atoms with Gasteiger partial charge in [0.2, 0.25) is 0 Å². The van der Waals surface area contributed by atoms with E-state index in [2.05, 4.69) is 5.32 Å². The van der Waals surface area contributed by atoms with Crippen LogP contribution in [0.2, 0.25) is 0 Å². The molecule has 2 aliphatic heterocycles. The number of nitriles is 1. The Balaban J connectivity index is 1.84. The second-order valence-corrected chi connectivity index (χ2v) is 5.43. The normalized spacial score (nSPS) is 28.7. The summed E-state index contributed by atoms with van der Waals surface area (Å²) in [5, 5.41) is 12.5. The zero-order valence-electron chi connectivity index (χ0n) is 10.9. The van der Waals surface area contributed by atoms with Crippen LogP contribution < -0.4 is 5.32 Å². The van der Waals surface area contributed by atoms with Crippen LogP contribution in [0.3, 0.4) is 0 Å². The smallest absolute Gasteiger partial charge is 0.167 e. The van der Waals surface area contributed by atoms with Gasteiger partial charge in [-0.1, -0.05) is 0 Å². The van der Waals surface area contributed by atoms with Crippen LogP contribution in [0.1, 0.15) is 28.8 Å². The van der Waals surface area contributed by atoms with Crippen LogP contribution in [0.5, 0.6) is 0 Å². The van der Waals surface area contributed by atoms with E-state index in [1.54, 1.807) is 0 Å². The van der Waals surface area contributed by atoms with Crippen molar-refractivity contribution in [2.45, 2.75) is 24.9 Å². The van der Waals surface area contributed by atoms with Crippen molar-refractivity contribution >= 4 is 5.78 Å². The van der Waals surface area contributed by atoms with E-state index in [-0.39, 0.29) is 29.3 Å². The molecule has 1 aromatic rings. The second kappa shape index (κ2) is 5.31. The van der Waals surface area contributed by atoms with Gasteiger partial charge in [-0.25, -0.2) is 4.39 Å². The monoisotopic (exact) mass is 274 g/mol. The van der Waals surface area contributed by atoms with Crippen LogP contribution >= 0.6 is 0 Å². The molecule has 0 spiro atoms. The summed E-state index contributed by atoms with van der Waals surface area (Å²) in [4.78, 5) is 12.6. The van der Waals surface area contributed by atoms with Gasteiger partial charge in [-0.2, -0.15) is 5.26 Å². The van der Waals surface area contributed by atoms with Gasteiger partial charge >= 0.3 is 0 Å². The summed E-state index contributed by atoms with van der Waals surface area (Å²) in [7, 11) is 0. The minimum absolute atomic E-state index is 0.0556. The lowest BCUT2D eigenvalue weighted by molar-refractivity contribution is 0.00952. The Hall–Kier alpha value is -1.77. The first kappa shape index (κ1) is 13.2. The summed E-state index contributed by atoms with van der Waals surface area (Å²) < 4.78 is 18.6. The fourth-order valence-corrected chi connectivity index (χ4v) is 3.10. The van der Waals surface area contributed by atoms with Crippen molar-refractivity contribution in [3.63, 3.8) is 0 Å². The zero-order valence-corrected chi connectivity index (χ0v) is 10.9. The molecule has 0 saturated carbocycles. The third kappa shape index (κ3) is 2.45. The first-order chi connectivity index (χ1) is 9.67. The van der Waals surface area contributed by atoms with E-state index in [0.717, 1.165) is 6.07 Å². The number of halogens is 1. The molecule has 2 saturated heterocycles. The third-order valence-corrected chi connectivity index (χ3v) is 3.99. The topological polar surface area (TPSA) is 62.1 Å². The Morgan fingerprint density at radius 1 is 1.35 bits per heavy atom. The van der Waals surface area contributed by atoms with Gasteiger partial charge in [0.15, 0.2) is 5.78 Å². The first-order valence-corrected chi connectivity index (χ1v) is 6.75. The summed E-state index contributed by atoms with van der Waals surface area (Å²) in [6.45, 7) is 1.24. The zero-order chi connectivity index (χ0) is 14.1. The molecule has 4 nitrogen and oxygen atoms in total. The van der Waals surface area contributed by atoms with Gasteiger partial charge in [-0.05, 0) is 31.0 Å². The van der Waals surface area contributed by atoms with Crippen LogP contribution in [-0.2, 0) is 4.74 Å². The van der Waals surface area contributed by atoms with Crippen molar-refractivity contribution in [2.24, 2.45) is 5.92 Å². The predicted molar refractivity (Wildman–Crippen MR) is 69.7 cm³/mol. The average molecular weight is 274 g/mol. The largest absolute Gasteiger partial charge is 0.378 e. The number of ketones is 1. The van der Waals surface area contributed by atoms with Crippen molar-refractivity contribution in [2.75, 3.05) is 13.2 Å². The molecule has 2 heterocycles. The molecule has 2 atom stereocenters. The Morgan fingerprint density at radius 2 is 2.05 bits per heavy atom. The summed E-state index contributed by atoms with van der Waals surface area (Å²) in [5.74, 6) is -0.665. The highest BCUT2D eigenvalue weighted by Gasteiger charge is 2.36. The van der Waals surface area contributed by atoms with Crippen LogP contribution in [0.15, 0.2) is 18.2 Å². The van der Waals surface area contributed by atoms with E-state index in [0.29, 0.717) is 31.6 Å². The van der Waals surface area contributed by atoms with Crippen LogP contribution in [0, 0.1) is 23.1 Å². The van der Waals surface area contributed by atoms with Crippen molar-refractivity contribution in [1.82, 2.24) is 5.32 Å². The number of nitrogens with one attached hydrogen (secondary N) is 1. The van der Waals surface area contributed by atoms with Crippen LogP contribution in [0.25, 0.3) is 0 Å². The Labute approximate surface area is 116 Å². The van der Waals surface area contributed by atoms with Gasteiger partial charge in [0.1, 0.15) is 5.82 Å². The highest BCUT2D eigenvalue weighted by atomic mass is 19.1. The molecule has 2 aliphatic rings. The van der Waals surface area contributed by atoms with Crippen molar-refractivity contribution in [3.8, 4) is 6.07 Å². The van der Waals surface area contributed by atoms with Crippen molar-refractivity contribution in [3.05, 3.63) is 35.1 Å². The molecule has 1 aromatic carbocycles. The molecule has 20 heavy (non-hydrogen) atoms. The summed E-state index contributed by atoms with van der Waals surface area (Å²) in [6, 6.07) is 6.08. The van der Waals surface area contributed by atoms with Gasteiger partial charge in [-0.15, -0.1) is 0 Å². The molecular weight excluding hydrogens is 259 g/mol. The maximum absolute atomic E-state index is 13.1. The third-order valence-electron chi connectivity index (χ3n) is 3.99. The van der Waals surface area contributed by atoms with E-state index in [9.17, 15) is 9.18 Å². The molecule has 2 unspecified atom stereocenters. The maximum atomic E-state index is 13.1. The number of carbonyl (C=O) groups is 1. The van der Waals surface area contributed by atoms with Gasteiger partial charge in [0.05, 0.1) is 24.8 Å². The number of piperidine rings is 1. The second-order valence-electron chi connectivity index (χ2n) is 5.43. The van der Waals surface area contributed by atoms with Gasteiger partial charge in [-0.3, -0.25) is 4.79 Å². The number of rotatable bonds is 2. The summed E-state index contributed by atoms with van der Waals surface area (Å²) in [6.07, 6.45) is 1.41. The van der Waals surface area contributed by atoms with Gasteiger partial charge < -0.3 is 10.1 Å². The maximum Gasteiger partial charge on any atom is 0.167 e.